The molecule has 1 fully saturated rings. The summed E-state index contributed by atoms with van der Waals surface area (Å²) in [6, 6.07) is 6.09. The molecule has 1 atom stereocenters. The Balaban J connectivity index is 1.81. The Bertz CT molecular complexity index is 732. The van der Waals surface area contributed by atoms with Crippen LogP contribution in [0.1, 0.15) is 42.7 Å². The number of aliphatic hydroxyl groups excluding tert-OH is 1. The SMILES string of the molecule is CCc1c(C(=O)N2CCC(C(C)O)CC2)cnn1-c1ccc(F)cc1. The van der Waals surface area contributed by atoms with Gasteiger partial charge in [-0.3, -0.25) is 4.79 Å². The second kappa shape index (κ2) is 7.35. The first kappa shape index (κ1) is 17.6. The highest BCUT2D eigenvalue weighted by Crippen LogP contribution is 2.24. The fourth-order valence-electron chi connectivity index (χ4n) is 3.45. The Morgan fingerprint density at radius 1 is 1.32 bits per heavy atom. The van der Waals surface area contributed by atoms with E-state index in [1.54, 1.807) is 23.0 Å². The van der Waals surface area contributed by atoms with E-state index in [0.29, 0.717) is 25.1 Å². The average molecular weight is 345 g/mol. The van der Waals surface area contributed by atoms with Crippen LogP contribution in [-0.4, -0.2) is 44.9 Å². The minimum Gasteiger partial charge on any atom is -0.393 e. The largest absolute Gasteiger partial charge is 0.393 e. The maximum Gasteiger partial charge on any atom is 0.257 e. The first-order chi connectivity index (χ1) is 12.0. The molecule has 5 nitrogen and oxygen atoms in total. The van der Waals surface area contributed by atoms with E-state index in [1.165, 1.54) is 12.1 Å². The number of likely N-dealkylation sites (tertiary alicyclic amines) is 1. The number of benzene rings is 1. The summed E-state index contributed by atoms with van der Waals surface area (Å²) in [5.74, 6) is -0.0582. The molecule has 134 valence electrons. The lowest BCUT2D eigenvalue weighted by Gasteiger charge is -2.33. The van der Waals surface area contributed by atoms with E-state index in [2.05, 4.69) is 5.10 Å². The number of piperidine rings is 1. The van der Waals surface area contributed by atoms with Crippen LogP contribution >= 0.6 is 0 Å². The Kier molecular flexibility index (Phi) is 5.18. The van der Waals surface area contributed by atoms with Gasteiger partial charge in [0.15, 0.2) is 0 Å². The second-order valence-electron chi connectivity index (χ2n) is 6.62. The lowest BCUT2D eigenvalue weighted by molar-refractivity contribution is 0.0520. The Hall–Kier alpha value is -2.21. The zero-order valence-electron chi connectivity index (χ0n) is 14.7. The zero-order valence-corrected chi connectivity index (χ0v) is 14.7. The minimum absolute atomic E-state index is 0.0192. The molecule has 2 heterocycles. The molecule has 1 aromatic carbocycles. The van der Waals surface area contributed by atoms with Gasteiger partial charge in [-0.2, -0.15) is 5.10 Å². The molecule has 1 saturated heterocycles. The topological polar surface area (TPSA) is 58.4 Å². The predicted molar refractivity (Wildman–Crippen MR) is 93.2 cm³/mol. The summed E-state index contributed by atoms with van der Waals surface area (Å²) < 4.78 is 14.8. The third kappa shape index (κ3) is 3.58. The van der Waals surface area contributed by atoms with Crippen molar-refractivity contribution >= 4 is 5.91 Å². The van der Waals surface area contributed by atoms with Crippen LogP contribution in [0.5, 0.6) is 0 Å². The number of carbonyl (C=O) groups excluding carboxylic acids is 1. The normalized spacial score (nSPS) is 16.9. The third-order valence-corrected chi connectivity index (χ3v) is 5.01. The molecule has 1 unspecified atom stereocenters. The van der Waals surface area contributed by atoms with Crippen LogP contribution in [0.4, 0.5) is 4.39 Å². The van der Waals surface area contributed by atoms with Crippen LogP contribution in [0.3, 0.4) is 0 Å². The van der Waals surface area contributed by atoms with E-state index in [9.17, 15) is 14.3 Å². The van der Waals surface area contributed by atoms with E-state index >= 15 is 0 Å². The maximum atomic E-state index is 13.1. The number of rotatable bonds is 4. The van der Waals surface area contributed by atoms with Crippen LogP contribution in [0.15, 0.2) is 30.5 Å². The summed E-state index contributed by atoms with van der Waals surface area (Å²) in [4.78, 5) is 14.7. The lowest BCUT2D eigenvalue weighted by Crippen LogP contribution is -2.41. The van der Waals surface area contributed by atoms with Crippen molar-refractivity contribution < 1.29 is 14.3 Å². The molecule has 1 aromatic heterocycles. The third-order valence-electron chi connectivity index (χ3n) is 5.01. The lowest BCUT2D eigenvalue weighted by atomic mass is 9.92. The molecule has 6 heteroatoms. The van der Waals surface area contributed by atoms with Gasteiger partial charge in [-0.15, -0.1) is 0 Å². The quantitative estimate of drug-likeness (QED) is 0.927. The van der Waals surface area contributed by atoms with Gasteiger partial charge < -0.3 is 10.0 Å². The van der Waals surface area contributed by atoms with E-state index < -0.39 is 0 Å². The summed E-state index contributed by atoms with van der Waals surface area (Å²) in [5, 5.41) is 14.1. The number of aromatic nitrogens is 2. The highest BCUT2D eigenvalue weighted by molar-refractivity contribution is 5.95. The van der Waals surface area contributed by atoms with Gasteiger partial charge in [-0.25, -0.2) is 9.07 Å². The molecule has 0 saturated carbocycles. The smallest absolute Gasteiger partial charge is 0.257 e. The highest BCUT2D eigenvalue weighted by atomic mass is 19.1. The van der Waals surface area contributed by atoms with Crippen molar-refractivity contribution in [2.75, 3.05) is 13.1 Å². The second-order valence-corrected chi connectivity index (χ2v) is 6.62. The number of aliphatic hydroxyl groups is 1. The van der Waals surface area contributed by atoms with Gasteiger partial charge in [0.25, 0.3) is 5.91 Å². The molecule has 1 amide bonds. The molecule has 1 aliphatic heterocycles. The van der Waals surface area contributed by atoms with Crippen molar-refractivity contribution in [1.29, 1.82) is 0 Å². The summed E-state index contributed by atoms with van der Waals surface area (Å²) >= 11 is 0. The molecule has 1 aliphatic rings. The van der Waals surface area contributed by atoms with Gasteiger partial charge in [-0.05, 0) is 56.4 Å². The number of hydrogen-bond donors (Lipinski definition) is 1. The fourth-order valence-corrected chi connectivity index (χ4v) is 3.45. The van der Waals surface area contributed by atoms with Crippen molar-refractivity contribution in [3.05, 3.63) is 47.5 Å². The molecule has 0 radical (unpaired) electrons. The van der Waals surface area contributed by atoms with Crippen molar-refractivity contribution in [1.82, 2.24) is 14.7 Å². The standard InChI is InChI=1S/C19H24FN3O2/c1-3-18-17(12-21-23(18)16-6-4-15(20)5-7-16)19(25)22-10-8-14(9-11-22)13(2)24/h4-7,12-14,24H,3,8-11H2,1-2H3. The number of halogens is 1. The van der Waals surface area contributed by atoms with E-state index in [1.807, 2.05) is 18.7 Å². The zero-order chi connectivity index (χ0) is 18.0. The van der Waals surface area contributed by atoms with Crippen molar-refractivity contribution in [3.8, 4) is 5.69 Å². The molecule has 0 bridgehead atoms. The maximum absolute atomic E-state index is 13.1. The van der Waals surface area contributed by atoms with Gasteiger partial charge in [0.2, 0.25) is 0 Å². The van der Waals surface area contributed by atoms with Gasteiger partial charge in [-0.1, -0.05) is 6.92 Å². The van der Waals surface area contributed by atoms with Gasteiger partial charge in [0, 0.05) is 13.1 Å². The summed E-state index contributed by atoms with van der Waals surface area (Å²) in [6.45, 7) is 5.09. The van der Waals surface area contributed by atoms with Crippen molar-refractivity contribution in [3.63, 3.8) is 0 Å². The molecular formula is C19H24FN3O2. The number of hydrogen-bond acceptors (Lipinski definition) is 3. The van der Waals surface area contributed by atoms with Gasteiger partial charge >= 0.3 is 0 Å². The minimum atomic E-state index is -0.329. The molecule has 0 aliphatic carbocycles. The van der Waals surface area contributed by atoms with Crippen molar-refractivity contribution in [2.24, 2.45) is 5.92 Å². The van der Waals surface area contributed by atoms with E-state index in [0.717, 1.165) is 24.2 Å². The van der Waals surface area contributed by atoms with E-state index in [-0.39, 0.29) is 23.7 Å². The number of nitrogens with zero attached hydrogens (tertiary/aromatic N) is 3. The van der Waals surface area contributed by atoms with Gasteiger partial charge in [0.05, 0.1) is 29.2 Å². The monoisotopic (exact) mass is 345 g/mol. The fraction of sp³-hybridized carbons (Fsp3) is 0.474. The first-order valence-electron chi connectivity index (χ1n) is 8.81. The van der Waals surface area contributed by atoms with E-state index in [4.69, 9.17) is 0 Å². The Morgan fingerprint density at radius 2 is 1.96 bits per heavy atom. The van der Waals surface area contributed by atoms with Crippen molar-refractivity contribution in [2.45, 2.75) is 39.2 Å². The van der Waals surface area contributed by atoms with Crippen LogP contribution in [0, 0.1) is 11.7 Å². The average Bonchev–Trinajstić information content (AvgIpc) is 3.05. The molecule has 3 rings (SSSR count). The molecule has 25 heavy (non-hydrogen) atoms. The first-order valence-corrected chi connectivity index (χ1v) is 8.81. The van der Waals surface area contributed by atoms with Crippen LogP contribution in [0.25, 0.3) is 5.69 Å². The van der Waals surface area contributed by atoms with Crippen LogP contribution in [-0.2, 0) is 6.42 Å². The molecule has 0 spiro atoms. The number of amides is 1. The van der Waals surface area contributed by atoms with Crippen LogP contribution in [0.2, 0.25) is 0 Å². The molecule has 2 aromatic rings. The van der Waals surface area contributed by atoms with Gasteiger partial charge in [0.1, 0.15) is 5.82 Å². The highest BCUT2D eigenvalue weighted by Gasteiger charge is 2.28. The summed E-state index contributed by atoms with van der Waals surface area (Å²) in [6.07, 6.45) is 3.56. The summed E-state index contributed by atoms with van der Waals surface area (Å²) in [5.41, 5.74) is 2.17. The molecular weight excluding hydrogens is 321 g/mol. The Labute approximate surface area is 147 Å². The predicted octanol–water partition coefficient (Wildman–Crippen LogP) is 2.81. The summed E-state index contributed by atoms with van der Waals surface area (Å²) in [7, 11) is 0. The molecule has 1 N–H and O–H groups in total. The number of carbonyl (C=O) groups is 1. The Morgan fingerprint density at radius 3 is 2.52 bits per heavy atom. The van der Waals surface area contributed by atoms with Crippen LogP contribution < -0.4 is 0 Å².